The van der Waals surface area contributed by atoms with Crippen molar-refractivity contribution in [2.45, 2.75) is 13.5 Å². The van der Waals surface area contributed by atoms with Crippen molar-refractivity contribution in [2.24, 2.45) is 5.84 Å². The maximum Gasteiger partial charge on any atom is 0.271 e. The number of carbonyl (C=O) groups is 1. The fraction of sp³-hybridized carbons (Fsp3) is 0.333. The molecule has 1 amide bonds. The van der Waals surface area contributed by atoms with Crippen LogP contribution in [0.2, 0.25) is 0 Å². The van der Waals surface area contributed by atoms with E-state index in [1.54, 1.807) is 25.4 Å². The normalized spacial score (nSPS) is 10.4. The van der Waals surface area contributed by atoms with Gasteiger partial charge in [0, 0.05) is 25.9 Å². The zero-order chi connectivity index (χ0) is 15.2. The van der Waals surface area contributed by atoms with Crippen LogP contribution >= 0.6 is 0 Å². The number of anilines is 1. The Bertz CT molecular complexity index is 626. The molecular weight excluding hydrogens is 274 g/mol. The molecule has 0 atom stereocenters. The van der Waals surface area contributed by atoms with Crippen molar-refractivity contribution in [1.29, 1.82) is 0 Å². The van der Waals surface area contributed by atoms with Gasteiger partial charge >= 0.3 is 0 Å². The fourth-order valence-electron chi connectivity index (χ4n) is 1.63. The molecule has 0 aliphatic heterocycles. The Morgan fingerprint density at radius 2 is 2.29 bits per heavy atom. The summed E-state index contributed by atoms with van der Waals surface area (Å²) in [6.45, 7) is 2.71. The molecule has 0 saturated heterocycles. The maximum absolute atomic E-state index is 11.5. The SMILES string of the molecule is CCOCc1nc(NN)cc(-n2ccc(C(=O)NC)n2)n1. The van der Waals surface area contributed by atoms with Crippen LogP contribution in [0, 0.1) is 0 Å². The molecule has 0 saturated carbocycles. The van der Waals surface area contributed by atoms with Gasteiger partial charge in [0.1, 0.15) is 12.4 Å². The Kier molecular flexibility index (Phi) is 4.80. The molecule has 2 aromatic heterocycles. The number of carbonyl (C=O) groups excluding carboxylic acids is 1. The molecule has 2 aromatic rings. The number of hydrazine groups is 1. The van der Waals surface area contributed by atoms with Crippen molar-refractivity contribution in [3.8, 4) is 5.82 Å². The van der Waals surface area contributed by atoms with Crippen LogP contribution < -0.4 is 16.6 Å². The number of nitrogens with one attached hydrogen (secondary N) is 2. The van der Waals surface area contributed by atoms with Gasteiger partial charge in [-0.2, -0.15) is 5.10 Å². The average Bonchev–Trinajstić information content (AvgIpc) is 3.01. The van der Waals surface area contributed by atoms with Crippen LogP contribution in [0.25, 0.3) is 5.82 Å². The molecule has 0 aromatic carbocycles. The molecule has 2 heterocycles. The zero-order valence-corrected chi connectivity index (χ0v) is 11.8. The number of aromatic nitrogens is 4. The van der Waals surface area contributed by atoms with E-state index in [1.165, 1.54) is 4.68 Å². The summed E-state index contributed by atoms with van der Waals surface area (Å²) in [7, 11) is 1.54. The van der Waals surface area contributed by atoms with Crippen LogP contribution in [-0.2, 0) is 11.3 Å². The summed E-state index contributed by atoms with van der Waals surface area (Å²) in [4.78, 5) is 20.0. The summed E-state index contributed by atoms with van der Waals surface area (Å²) in [5.41, 5.74) is 2.76. The first kappa shape index (κ1) is 14.9. The molecule has 0 unspecified atom stereocenters. The highest BCUT2D eigenvalue weighted by Gasteiger charge is 2.11. The van der Waals surface area contributed by atoms with Crippen LogP contribution in [0.5, 0.6) is 0 Å². The number of hydrogen-bond donors (Lipinski definition) is 3. The summed E-state index contributed by atoms with van der Waals surface area (Å²) < 4.78 is 6.76. The minimum absolute atomic E-state index is 0.266. The smallest absolute Gasteiger partial charge is 0.271 e. The molecule has 21 heavy (non-hydrogen) atoms. The fourth-order valence-corrected chi connectivity index (χ4v) is 1.63. The highest BCUT2D eigenvalue weighted by atomic mass is 16.5. The van der Waals surface area contributed by atoms with Crippen LogP contribution in [0.1, 0.15) is 23.2 Å². The first-order valence-corrected chi connectivity index (χ1v) is 6.38. The number of hydrogen-bond acceptors (Lipinski definition) is 7. The Balaban J connectivity index is 2.33. The lowest BCUT2D eigenvalue weighted by molar-refractivity contribution is 0.0957. The van der Waals surface area contributed by atoms with Crippen molar-refractivity contribution in [1.82, 2.24) is 25.1 Å². The number of amides is 1. The van der Waals surface area contributed by atoms with E-state index >= 15 is 0 Å². The van der Waals surface area contributed by atoms with Gasteiger partial charge in [-0.3, -0.25) is 4.79 Å². The highest BCUT2D eigenvalue weighted by molar-refractivity contribution is 5.91. The van der Waals surface area contributed by atoms with E-state index < -0.39 is 0 Å². The van der Waals surface area contributed by atoms with Crippen LogP contribution in [-0.4, -0.2) is 39.3 Å². The van der Waals surface area contributed by atoms with E-state index in [1.807, 2.05) is 6.92 Å². The quantitative estimate of drug-likeness (QED) is 0.499. The molecular formula is C12H17N7O2. The topological polar surface area (TPSA) is 120 Å². The van der Waals surface area contributed by atoms with E-state index in [0.717, 1.165) is 0 Å². The number of nitrogens with zero attached hydrogens (tertiary/aromatic N) is 4. The number of nitrogen functional groups attached to an aromatic ring is 1. The molecule has 0 aliphatic rings. The number of nitrogens with two attached hydrogens (primary N) is 1. The van der Waals surface area contributed by atoms with Crippen LogP contribution in [0.15, 0.2) is 18.3 Å². The minimum Gasteiger partial charge on any atom is -0.374 e. The second-order valence-electron chi connectivity index (χ2n) is 4.03. The highest BCUT2D eigenvalue weighted by Crippen LogP contribution is 2.11. The van der Waals surface area contributed by atoms with Crippen molar-refractivity contribution >= 4 is 11.7 Å². The van der Waals surface area contributed by atoms with Crippen molar-refractivity contribution in [3.63, 3.8) is 0 Å². The Hall–Kier alpha value is -2.52. The van der Waals surface area contributed by atoms with Crippen LogP contribution in [0.4, 0.5) is 5.82 Å². The lowest BCUT2D eigenvalue weighted by atomic mass is 10.4. The third-order valence-electron chi connectivity index (χ3n) is 2.63. The zero-order valence-electron chi connectivity index (χ0n) is 11.8. The van der Waals surface area contributed by atoms with Gasteiger partial charge in [0.2, 0.25) is 0 Å². The third-order valence-corrected chi connectivity index (χ3v) is 2.63. The molecule has 9 heteroatoms. The molecule has 0 fully saturated rings. The second kappa shape index (κ2) is 6.77. The number of rotatable bonds is 6. The third kappa shape index (κ3) is 3.52. The summed E-state index contributed by atoms with van der Waals surface area (Å²) >= 11 is 0. The lowest BCUT2D eigenvalue weighted by Gasteiger charge is -2.07. The average molecular weight is 291 g/mol. The Morgan fingerprint density at radius 3 is 2.95 bits per heavy atom. The van der Waals surface area contributed by atoms with Gasteiger partial charge < -0.3 is 15.5 Å². The molecule has 0 radical (unpaired) electrons. The van der Waals surface area contributed by atoms with Gasteiger partial charge in [0.05, 0.1) is 0 Å². The maximum atomic E-state index is 11.5. The van der Waals surface area contributed by atoms with Gasteiger partial charge in [-0.25, -0.2) is 20.5 Å². The van der Waals surface area contributed by atoms with Crippen molar-refractivity contribution in [3.05, 3.63) is 29.8 Å². The summed E-state index contributed by atoms with van der Waals surface area (Å²) in [6.07, 6.45) is 1.64. The second-order valence-corrected chi connectivity index (χ2v) is 4.03. The molecule has 112 valence electrons. The molecule has 2 rings (SSSR count). The van der Waals surface area contributed by atoms with E-state index in [4.69, 9.17) is 10.6 Å². The minimum atomic E-state index is -0.269. The summed E-state index contributed by atoms with van der Waals surface area (Å²) in [5.74, 6) is 6.52. The van der Waals surface area contributed by atoms with Crippen molar-refractivity contribution < 1.29 is 9.53 Å². The first-order valence-electron chi connectivity index (χ1n) is 6.38. The Labute approximate surface area is 121 Å². The van der Waals surface area contributed by atoms with Gasteiger partial charge in [-0.05, 0) is 13.0 Å². The van der Waals surface area contributed by atoms with Crippen LogP contribution in [0.3, 0.4) is 0 Å². The van der Waals surface area contributed by atoms with E-state index in [0.29, 0.717) is 29.8 Å². The van der Waals surface area contributed by atoms with Gasteiger partial charge in [-0.15, -0.1) is 0 Å². The molecule has 0 bridgehead atoms. The molecule has 0 aliphatic carbocycles. The van der Waals surface area contributed by atoms with Gasteiger partial charge in [-0.1, -0.05) is 0 Å². The Morgan fingerprint density at radius 1 is 1.48 bits per heavy atom. The lowest BCUT2D eigenvalue weighted by Crippen LogP contribution is -2.19. The van der Waals surface area contributed by atoms with Gasteiger partial charge in [0.25, 0.3) is 5.91 Å². The van der Waals surface area contributed by atoms with E-state index in [-0.39, 0.29) is 12.5 Å². The predicted molar refractivity (Wildman–Crippen MR) is 75.7 cm³/mol. The summed E-state index contributed by atoms with van der Waals surface area (Å²) in [5, 5.41) is 6.66. The summed E-state index contributed by atoms with van der Waals surface area (Å²) in [6, 6.07) is 3.22. The van der Waals surface area contributed by atoms with E-state index in [9.17, 15) is 4.79 Å². The predicted octanol–water partition coefficient (Wildman–Crippen LogP) is -0.156. The van der Waals surface area contributed by atoms with Gasteiger partial charge in [0.15, 0.2) is 17.3 Å². The monoisotopic (exact) mass is 291 g/mol. The number of ether oxygens (including phenoxy) is 1. The molecule has 0 spiro atoms. The largest absolute Gasteiger partial charge is 0.374 e. The standard InChI is InChI=1S/C12H17N7O2/c1-3-21-7-10-15-9(17-13)6-11(16-10)19-5-4-8(18-19)12(20)14-2/h4-6H,3,7,13H2,1-2H3,(H,14,20)(H,15,16,17). The van der Waals surface area contributed by atoms with E-state index in [2.05, 4.69) is 25.8 Å². The molecule has 4 N–H and O–H groups in total. The first-order chi connectivity index (χ1) is 10.2. The molecule has 9 nitrogen and oxygen atoms in total. The van der Waals surface area contributed by atoms with Crippen molar-refractivity contribution in [2.75, 3.05) is 19.1 Å².